The molecule has 0 aliphatic heterocycles. The number of hydrogen-bond acceptors (Lipinski definition) is 10. The molecule has 0 saturated carbocycles. The van der Waals surface area contributed by atoms with E-state index in [1.54, 1.807) is 49.2 Å². The lowest BCUT2D eigenvalue weighted by molar-refractivity contribution is 0.230. The van der Waals surface area contributed by atoms with Crippen LogP contribution in [0.2, 0.25) is 0 Å². The molecule has 2 aromatic heterocycles. The van der Waals surface area contributed by atoms with Gasteiger partial charge in [-0.1, -0.05) is 0 Å². The highest BCUT2D eigenvalue weighted by molar-refractivity contribution is 7.62. The molecule has 0 fully saturated rings. The zero-order valence-electron chi connectivity index (χ0n) is 15.9. The third-order valence-electron chi connectivity index (χ3n) is 3.93. The molecule has 3 rings (SSSR count). The Morgan fingerprint density at radius 3 is 2.29 bits per heavy atom. The van der Waals surface area contributed by atoms with Crippen LogP contribution in [0, 0.1) is 0 Å². The molecule has 28 heavy (non-hydrogen) atoms. The second-order valence-corrected chi connectivity index (χ2v) is 7.80. The summed E-state index contributed by atoms with van der Waals surface area (Å²) in [6.45, 7) is 4.13. The number of nitrogens with zero attached hydrogens (tertiary/aromatic N) is 5. The van der Waals surface area contributed by atoms with E-state index in [1.807, 2.05) is 7.05 Å². The molecule has 0 bridgehead atoms. The molecule has 0 aliphatic carbocycles. The molecule has 10 nitrogen and oxygen atoms in total. The first-order chi connectivity index (χ1) is 13.4. The van der Waals surface area contributed by atoms with Crippen molar-refractivity contribution < 1.29 is 13.6 Å². The van der Waals surface area contributed by atoms with Crippen LogP contribution in [0.4, 0.5) is 23.3 Å². The number of fused-ring (bicyclic) bond motifs is 1. The summed E-state index contributed by atoms with van der Waals surface area (Å²) in [6.07, 6.45) is 1.56. The fourth-order valence-corrected chi connectivity index (χ4v) is 4.18. The third kappa shape index (κ3) is 3.89. The summed E-state index contributed by atoms with van der Waals surface area (Å²) in [5, 5.41) is 0.492. The van der Waals surface area contributed by atoms with Crippen LogP contribution in [0.15, 0.2) is 30.5 Å². The summed E-state index contributed by atoms with van der Waals surface area (Å²) in [7, 11) is -1.51. The van der Waals surface area contributed by atoms with Crippen molar-refractivity contribution in [3.05, 3.63) is 30.5 Å². The van der Waals surface area contributed by atoms with Gasteiger partial charge in [0.25, 0.3) is 0 Å². The van der Waals surface area contributed by atoms with Gasteiger partial charge < -0.3 is 25.4 Å². The van der Waals surface area contributed by atoms with Crippen molar-refractivity contribution in [3.63, 3.8) is 0 Å². The van der Waals surface area contributed by atoms with E-state index in [0.29, 0.717) is 35.5 Å². The van der Waals surface area contributed by atoms with Gasteiger partial charge in [-0.05, 0) is 38.1 Å². The number of nitrogen functional groups attached to an aromatic ring is 2. The lowest BCUT2D eigenvalue weighted by atomic mass is 10.3. The second-order valence-electron chi connectivity index (χ2n) is 5.78. The predicted octanol–water partition coefficient (Wildman–Crippen LogP) is 2.24. The van der Waals surface area contributed by atoms with Crippen LogP contribution in [0.1, 0.15) is 13.8 Å². The highest BCUT2D eigenvalue weighted by Crippen LogP contribution is 2.47. The number of hydrogen-bond donors (Lipinski definition) is 2. The molecule has 0 atom stereocenters. The molecule has 4 N–H and O–H groups in total. The summed E-state index contributed by atoms with van der Waals surface area (Å²) in [5.41, 5.74) is 13.0. The van der Waals surface area contributed by atoms with Gasteiger partial charge in [0.1, 0.15) is 0 Å². The highest BCUT2D eigenvalue weighted by atomic mass is 31.2. The van der Waals surface area contributed by atoms with Crippen LogP contribution in [0.5, 0.6) is 0 Å². The monoisotopic (exact) mass is 403 g/mol. The summed E-state index contributed by atoms with van der Waals surface area (Å²) in [6, 6.07) is 7.03. The molecule has 1 aromatic carbocycles. The van der Waals surface area contributed by atoms with Gasteiger partial charge in [-0.25, -0.2) is 9.97 Å². The van der Waals surface area contributed by atoms with Crippen LogP contribution in [-0.2, 0) is 13.6 Å². The Morgan fingerprint density at radius 2 is 1.68 bits per heavy atom. The summed E-state index contributed by atoms with van der Waals surface area (Å²) in [5.74, 6) is 0.747. The molecule has 0 saturated heterocycles. The number of benzene rings is 1. The lowest BCUT2D eigenvalue weighted by Gasteiger charge is -2.20. The topological polar surface area (TPSA) is 142 Å². The fourth-order valence-electron chi connectivity index (χ4n) is 2.62. The predicted molar refractivity (Wildman–Crippen MR) is 109 cm³/mol. The van der Waals surface area contributed by atoms with Gasteiger partial charge in [0.05, 0.1) is 24.7 Å². The quantitative estimate of drug-likeness (QED) is 0.564. The molecule has 0 aliphatic rings. The maximum absolute atomic E-state index is 12.9. The van der Waals surface area contributed by atoms with E-state index >= 15 is 0 Å². The average Bonchev–Trinajstić information content (AvgIpc) is 2.67. The Morgan fingerprint density at radius 1 is 1.04 bits per heavy atom. The lowest BCUT2D eigenvalue weighted by Crippen LogP contribution is -2.15. The second kappa shape index (κ2) is 8.05. The number of rotatable bonds is 7. The van der Waals surface area contributed by atoms with Crippen molar-refractivity contribution in [1.82, 2.24) is 19.9 Å². The Balaban J connectivity index is 1.91. The van der Waals surface area contributed by atoms with Crippen molar-refractivity contribution in [2.75, 3.05) is 36.6 Å². The van der Waals surface area contributed by atoms with Crippen LogP contribution in [0.3, 0.4) is 0 Å². The summed E-state index contributed by atoms with van der Waals surface area (Å²) >= 11 is 0. The Kier molecular flexibility index (Phi) is 5.73. The van der Waals surface area contributed by atoms with E-state index in [2.05, 4.69) is 19.9 Å². The molecule has 148 valence electrons. The van der Waals surface area contributed by atoms with Gasteiger partial charge in [-0.15, -0.1) is 0 Å². The fraction of sp³-hybridized carbons (Fsp3) is 0.294. The van der Waals surface area contributed by atoms with Crippen LogP contribution in [0.25, 0.3) is 11.2 Å². The van der Waals surface area contributed by atoms with Gasteiger partial charge in [-0.2, -0.15) is 9.97 Å². The number of nitrogens with two attached hydrogens (primary N) is 2. The Labute approximate surface area is 162 Å². The first kappa shape index (κ1) is 19.9. The minimum absolute atomic E-state index is 0.0454. The maximum Gasteiger partial charge on any atom is 0.361 e. The van der Waals surface area contributed by atoms with Crippen molar-refractivity contribution in [1.29, 1.82) is 0 Å². The minimum atomic E-state index is -3.33. The zero-order valence-corrected chi connectivity index (χ0v) is 16.8. The molecular weight excluding hydrogens is 381 g/mol. The normalized spacial score (nSPS) is 11.7. The molecule has 0 radical (unpaired) electrons. The average molecular weight is 403 g/mol. The first-order valence-corrected chi connectivity index (χ1v) is 10.2. The minimum Gasteiger partial charge on any atom is -0.382 e. The van der Waals surface area contributed by atoms with E-state index in [0.717, 1.165) is 5.69 Å². The maximum atomic E-state index is 12.9. The van der Waals surface area contributed by atoms with Crippen LogP contribution < -0.4 is 21.7 Å². The van der Waals surface area contributed by atoms with E-state index < -0.39 is 7.60 Å². The molecule has 3 aromatic rings. The molecule has 0 amide bonds. The van der Waals surface area contributed by atoms with Crippen LogP contribution in [-0.4, -0.2) is 40.2 Å². The summed E-state index contributed by atoms with van der Waals surface area (Å²) < 4.78 is 23.6. The third-order valence-corrected chi connectivity index (χ3v) is 6.06. The molecular formula is C17H22N7O3P. The molecule has 0 spiro atoms. The van der Waals surface area contributed by atoms with Gasteiger partial charge >= 0.3 is 7.60 Å². The Bertz CT molecular complexity index is 1020. The smallest absolute Gasteiger partial charge is 0.361 e. The SMILES string of the molecule is CCOP(=O)(OCC)c1ccc(N(C)c2cnc3nc(N)nc(N)c3n2)cc1. The van der Waals surface area contributed by atoms with Crippen molar-refractivity contribution in [2.45, 2.75) is 13.8 Å². The summed E-state index contributed by atoms with van der Waals surface area (Å²) in [4.78, 5) is 18.5. The zero-order chi connectivity index (χ0) is 20.3. The first-order valence-electron chi connectivity index (χ1n) is 8.67. The molecule has 2 heterocycles. The van der Waals surface area contributed by atoms with Gasteiger partial charge in [-0.3, -0.25) is 4.57 Å². The molecule has 11 heteroatoms. The van der Waals surface area contributed by atoms with Gasteiger partial charge in [0, 0.05) is 12.7 Å². The van der Waals surface area contributed by atoms with E-state index in [-0.39, 0.29) is 11.8 Å². The van der Waals surface area contributed by atoms with Crippen molar-refractivity contribution in [2.24, 2.45) is 0 Å². The van der Waals surface area contributed by atoms with E-state index in [9.17, 15) is 4.57 Å². The highest BCUT2D eigenvalue weighted by Gasteiger charge is 2.26. The van der Waals surface area contributed by atoms with Crippen molar-refractivity contribution in [3.8, 4) is 0 Å². The van der Waals surface area contributed by atoms with Gasteiger partial charge in [0.2, 0.25) is 5.95 Å². The van der Waals surface area contributed by atoms with E-state index in [4.69, 9.17) is 20.5 Å². The largest absolute Gasteiger partial charge is 0.382 e. The standard InChI is InChI=1S/C17H22N7O3P/c1-4-26-28(25,27-5-2)12-8-6-11(7-9-12)24(3)13-10-20-16-14(21-13)15(18)22-17(19)23-16/h6-10H,4-5H2,1-3H3,(H4,18,19,20,22,23). The number of anilines is 4. The molecule has 0 unspecified atom stereocenters. The van der Waals surface area contributed by atoms with Crippen LogP contribution >= 0.6 is 7.60 Å². The van der Waals surface area contributed by atoms with E-state index in [1.165, 1.54) is 0 Å². The van der Waals surface area contributed by atoms with Gasteiger partial charge in [0.15, 0.2) is 22.8 Å². The Hall–Kier alpha value is -2.81. The number of aromatic nitrogens is 4. The van der Waals surface area contributed by atoms with Crippen molar-refractivity contribution >= 4 is 47.3 Å².